The Morgan fingerprint density at radius 2 is 1.64 bits per heavy atom. The highest BCUT2D eigenvalue weighted by molar-refractivity contribution is 9.10. The average Bonchev–Trinajstić information content (AvgIpc) is 2.79. The van der Waals surface area contributed by atoms with Gasteiger partial charge in [0.2, 0.25) is 5.88 Å². The number of thioether (sulfide) groups is 1. The number of aromatic nitrogens is 4. The van der Waals surface area contributed by atoms with Crippen LogP contribution in [-0.2, 0) is 15.4 Å². The van der Waals surface area contributed by atoms with Crippen molar-refractivity contribution in [3.05, 3.63) is 53.0 Å². The van der Waals surface area contributed by atoms with E-state index in [0.29, 0.717) is 0 Å². The van der Waals surface area contributed by atoms with Crippen LogP contribution in [0.3, 0.4) is 0 Å². The van der Waals surface area contributed by atoms with Crippen molar-refractivity contribution in [1.29, 1.82) is 0 Å². The van der Waals surface area contributed by atoms with Crippen molar-refractivity contribution < 1.29 is 17.9 Å². The Morgan fingerprint density at radius 3 is 2.24 bits per heavy atom. The molecular weight excluding hydrogens is 530 g/mol. The van der Waals surface area contributed by atoms with Gasteiger partial charge in [-0.15, -0.1) is 11.8 Å². The molecule has 1 aromatic carbocycles. The normalized spacial score (nSPS) is 11.8. The molecule has 0 aliphatic carbocycles. The molecule has 1 N–H and O–H groups in total. The molecule has 0 radical (unpaired) electrons. The Balaban J connectivity index is 1.62. The molecule has 176 valence electrons. The van der Waals surface area contributed by atoms with Crippen LogP contribution in [0.2, 0.25) is 0 Å². The number of hydrogen-bond donors (Lipinski definition) is 1. The summed E-state index contributed by atoms with van der Waals surface area (Å²) >= 11 is 4.85. The van der Waals surface area contributed by atoms with Gasteiger partial charge in [0.1, 0.15) is 24.0 Å². The van der Waals surface area contributed by atoms with E-state index in [4.69, 9.17) is 9.47 Å². The fourth-order valence-electron chi connectivity index (χ4n) is 2.60. The molecule has 0 aliphatic rings. The molecule has 0 bridgehead atoms. The first-order valence-electron chi connectivity index (χ1n) is 9.85. The standard InChI is InChI=1S/C21H24BrN5O4S2/c1-21(2,3)14-5-7-16(8-6-14)33(28,29)27-18-17(22)19(26-13-25-18)30-9-10-31-20-23-11-15(32-4)12-24-20/h5-8,11-13H,9-10H2,1-4H3,(H,25,26,27). The number of nitrogens with one attached hydrogen (secondary N) is 1. The number of rotatable bonds is 9. The molecule has 0 amide bonds. The van der Waals surface area contributed by atoms with Gasteiger partial charge in [-0.25, -0.2) is 28.4 Å². The summed E-state index contributed by atoms with van der Waals surface area (Å²) in [5, 5.41) is 0. The van der Waals surface area contributed by atoms with Gasteiger partial charge in [0.25, 0.3) is 10.0 Å². The summed E-state index contributed by atoms with van der Waals surface area (Å²) in [6.07, 6.45) is 6.49. The van der Waals surface area contributed by atoms with Crippen molar-refractivity contribution in [2.45, 2.75) is 36.0 Å². The molecule has 0 unspecified atom stereocenters. The topological polar surface area (TPSA) is 116 Å². The number of halogens is 1. The molecule has 0 saturated carbocycles. The van der Waals surface area contributed by atoms with Crippen LogP contribution >= 0.6 is 27.7 Å². The molecule has 0 spiro atoms. The zero-order valence-corrected chi connectivity index (χ0v) is 21.8. The maximum absolute atomic E-state index is 12.8. The maximum Gasteiger partial charge on any atom is 0.316 e. The highest BCUT2D eigenvalue weighted by atomic mass is 79.9. The molecular formula is C21H24BrN5O4S2. The van der Waals surface area contributed by atoms with Gasteiger partial charge in [0.15, 0.2) is 5.82 Å². The van der Waals surface area contributed by atoms with Crippen LogP contribution in [-0.4, -0.2) is 47.8 Å². The molecule has 9 nitrogen and oxygen atoms in total. The van der Waals surface area contributed by atoms with E-state index in [-0.39, 0.29) is 45.7 Å². The summed E-state index contributed by atoms with van der Waals surface area (Å²) in [6, 6.07) is 6.98. The molecule has 2 aromatic heterocycles. The Kier molecular flexibility index (Phi) is 8.14. The van der Waals surface area contributed by atoms with E-state index in [9.17, 15) is 8.42 Å². The average molecular weight is 554 g/mol. The van der Waals surface area contributed by atoms with E-state index in [0.717, 1.165) is 10.5 Å². The molecule has 0 atom stereocenters. The third kappa shape index (κ3) is 6.78. The highest BCUT2D eigenvalue weighted by Crippen LogP contribution is 2.30. The quantitative estimate of drug-likeness (QED) is 0.305. The van der Waals surface area contributed by atoms with Crippen LogP contribution in [0.15, 0.2) is 57.3 Å². The summed E-state index contributed by atoms with van der Waals surface area (Å²) in [5.41, 5.74) is 0.957. The Labute approximate surface area is 206 Å². The lowest BCUT2D eigenvalue weighted by Gasteiger charge is -2.19. The van der Waals surface area contributed by atoms with Gasteiger partial charge in [-0.1, -0.05) is 32.9 Å². The predicted octanol–water partition coefficient (Wildman–Crippen LogP) is 4.31. The fourth-order valence-corrected chi connectivity index (χ4v) is 4.49. The van der Waals surface area contributed by atoms with Crippen LogP contribution in [0, 0.1) is 0 Å². The summed E-state index contributed by atoms with van der Waals surface area (Å²) in [7, 11) is -3.85. The maximum atomic E-state index is 12.8. The van der Waals surface area contributed by atoms with Gasteiger partial charge >= 0.3 is 6.01 Å². The van der Waals surface area contributed by atoms with Gasteiger partial charge in [-0.2, -0.15) is 0 Å². The van der Waals surface area contributed by atoms with Crippen LogP contribution in [0.1, 0.15) is 26.3 Å². The van der Waals surface area contributed by atoms with E-state index in [1.54, 1.807) is 36.7 Å². The highest BCUT2D eigenvalue weighted by Gasteiger charge is 2.20. The predicted molar refractivity (Wildman–Crippen MR) is 130 cm³/mol. The second-order valence-electron chi connectivity index (χ2n) is 7.82. The SMILES string of the molecule is CSc1cnc(OCCOc2ncnc(NS(=O)(=O)c3ccc(C(C)(C)C)cc3)c2Br)nc1. The first-order chi connectivity index (χ1) is 15.6. The number of nitrogens with zero attached hydrogens (tertiary/aromatic N) is 4. The largest absolute Gasteiger partial charge is 0.473 e. The number of sulfonamides is 1. The summed E-state index contributed by atoms with van der Waals surface area (Å²) < 4.78 is 39.4. The minimum Gasteiger partial charge on any atom is -0.473 e. The van der Waals surface area contributed by atoms with Crippen molar-refractivity contribution in [3.63, 3.8) is 0 Å². The van der Waals surface area contributed by atoms with Gasteiger partial charge in [-0.3, -0.25) is 4.72 Å². The second-order valence-corrected chi connectivity index (χ2v) is 11.2. The Bertz CT molecular complexity index is 1180. The van der Waals surface area contributed by atoms with Gasteiger partial charge < -0.3 is 9.47 Å². The minimum absolute atomic E-state index is 0.0665. The third-order valence-corrected chi connectivity index (χ3v) is 7.16. The molecule has 0 aliphatic heterocycles. The Morgan fingerprint density at radius 1 is 1.00 bits per heavy atom. The lowest BCUT2D eigenvalue weighted by atomic mass is 9.87. The number of anilines is 1. The van der Waals surface area contributed by atoms with Crippen molar-refractivity contribution in [2.24, 2.45) is 0 Å². The van der Waals surface area contributed by atoms with E-state index in [1.807, 2.05) is 6.26 Å². The van der Waals surface area contributed by atoms with Crippen LogP contribution < -0.4 is 14.2 Å². The summed E-state index contributed by atoms with van der Waals surface area (Å²) in [6.45, 7) is 6.51. The monoisotopic (exact) mass is 553 g/mol. The zero-order valence-electron chi connectivity index (χ0n) is 18.6. The van der Waals surface area contributed by atoms with E-state index in [2.05, 4.69) is 61.4 Å². The zero-order chi connectivity index (χ0) is 24.1. The van der Waals surface area contributed by atoms with Crippen LogP contribution in [0.4, 0.5) is 5.82 Å². The van der Waals surface area contributed by atoms with Crippen molar-refractivity contribution in [3.8, 4) is 11.9 Å². The fraction of sp³-hybridized carbons (Fsp3) is 0.333. The number of hydrogen-bond acceptors (Lipinski definition) is 9. The van der Waals surface area contributed by atoms with E-state index < -0.39 is 10.0 Å². The lowest BCUT2D eigenvalue weighted by Crippen LogP contribution is -2.16. The summed E-state index contributed by atoms with van der Waals surface area (Å²) in [5.74, 6) is 0.241. The smallest absolute Gasteiger partial charge is 0.316 e. The van der Waals surface area contributed by atoms with Crippen molar-refractivity contribution in [2.75, 3.05) is 24.2 Å². The van der Waals surface area contributed by atoms with Crippen LogP contribution in [0.5, 0.6) is 11.9 Å². The van der Waals surface area contributed by atoms with E-state index in [1.165, 1.54) is 18.1 Å². The molecule has 0 fully saturated rings. The number of benzene rings is 1. The second kappa shape index (κ2) is 10.7. The third-order valence-electron chi connectivity index (χ3n) is 4.41. The summed E-state index contributed by atoms with van der Waals surface area (Å²) in [4.78, 5) is 17.3. The molecule has 3 rings (SSSR count). The first-order valence-corrected chi connectivity index (χ1v) is 13.4. The van der Waals surface area contributed by atoms with Gasteiger partial charge in [-0.05, 0) is 45.3 Å². The van der Waals surface area contributed by atoms with Gasteiger partial charge in [0, 0.05) is 17.3 Å². The molecule has 2 heterocycles. The minimum atomic E-state index is -3.85. The molecule has 0 saturated heterocycles. The van der Waals surface area contributed by atoms with E-state index >= 15 is 0 Å². The number of ether oxygens (including phenoxy) is 2. The van der Waals surface area contributed by atoms with Gasteiger partial charge in [0.05, 0.1) is 4.90 Å². The lowest BCUT2D eigenvalue weighted by molar-refractivity contribution is 0.200. The van der Waals surface area contributed by atoms with Crippen molar-refractivity contribution >= 4 is 43.5 Å². The first kappa shape index (κ1) is 25.2. The van der Waals surface area contributed by atoms with Crippen molar-refractivity contribution in [1.82, 2.24) is 19.9 Å². The van der Waals surface area contributed by atoms with Crippen LogP contribution in [0.25, 0.3) is 0 Å². The molecule has 3 aromatic rings. The Hall–Kier alpha value is -2.44. The molecule has 33 heavy (non-hydrogen) atoms. The molecule has 12 heteroatoms.